The van der Waals surface area contributed by atoms with Crippen LogP contribution in [0.3, 0.4) is 0 Å². The molecule has 0 spiro atoms. The Morgan fingerprint density at radius 2 is 1.80 bits per heavy atom. The van der Waals surface area contributed by atoms with Crippen LogP contribution < -0.4 is 5.73 Å². The standard InChI is InChI=1S/C15H19F3N2/c1-9(2)20-13(6-10(3)19)8-11-7-12(15(16,17)18)4-5-14(11)20/h4-5,7-10H,6,19H2,1-3H3. The van der Waals surface area contributed by atoms with Crippen LogP contribution in [0.2, 0.25) is 0 Å². The van der Waals surface area contributed by atoms with Crippen molar-refractivity contribution in [3.05, 3.63) is 35.5 Å². The average Bonchev–Trinajstić information content (AvgIpc) is 2.63. The van der Waals surface area contributed by atoms with Gasteiger partial charge in [-0.15, -0.1) is 0 Å². The lowest BCUT2D eigenvalue weighted by Gasteiger charge is -2.16. The first-order valence-electron chi connectivity index (χ1n) is 6.66. The van der Waals surface area contributed by atoms with Crippen LogP contribution in [0.1, 0.15) is 38.1 Å². The fourth-order valence-corrected chi connectivity index (χ4v) is 2.57. The zero-order valence-electron chi connectivity index (χ0n) is 11.8. The number of fused-ring (bicyclic) bond motifs is 1. The average molecular weight is 284 g/mol. The van der Waals surface area contributed by atoms with E-state index in [1.54, 1.807) is 6.07 Å². The van der Waals surface area contributed by atoms with Gasteiger partial charge in [-0.2, -0.15) is 13.2 Å². The highest BCUT2D eigenvalue weighted by molar-refractivity contribution is 5.82. The first-order chi connectivity index (χ1) is 9.20. The van der Waals surface area contributed by atoms with Crippen LogP contribution in [0.15, 0.2) is 24.3 Å². The van der Waals surface area contributed by atoms with E-state index in [0.29, 0.717) is 11.8 Å². The molecule has 2 aromatic rings. The van der Waals surface area contributed by atoms with Gasteiger partial charge in [-0.25, -0.2) is 0 Å². The van der Waals surface area contributed by atoms with Crippen LogP contribution in [0.25, 0.3) is 10.9 Å². The smallest absolute Gasteiger partial charge is 0.342 e. The highest BCUT2D eigenvalue weighted by Gasteiger charge is 2.30. The minimum atomic E-state index is -4.31. The van der Waals surface area contributed by atoms with Gasteiger partial charge in [0.2, 0.25) is 0 Å². The summed E-state index contributed by atoms with van der Waals surface area (Å²) >= 11 is 0. The molecule has 110 valence electrons. The second-order valence-electron chi connectivity index (χ2n) is 5.55. The molecule has 2 rings (SSSR count). The predicted molar refractivity (Wildman–Crippen MR) is 74.7 cm³/mol. The van der Waals surface area contributed by atoms with Gasteiger partial charge in [0.1, 0.15) is 0 Å². The van der Waals surface area contributed by atoms with E-state index in [0.717, 1.165) is 17.3 Å². The summed E-state index contributed by atoms with van der Waals surface area (Å²) in [6.07, 6.45) is -3.66. The van der Waals surface area contributed by atoms with Crippen molar-refractivity contribution in [2.75, 3.05) is 0 Å². The summed E-state index contributed by atoms with van der Waals surface area (Å²) in [4.78, 5) is 0. The Kier molecular flexibility index (Phi) is 3.82. The Morgan fingerprint density at radius 3 is 2.30 bits per heavy atom. The monoisotopic (exact) mass is 284 g/mol. The summed E-state index contributed by atoms with van der Waals surface area (Å²) in [6.45, 7) is 5.92. The van der Waals surface area contributed by atoms with Crippen molar-refractivity contribution in [1.82, 2.24) is 4.57 Å². The normalized spacial score (nSPS) is 14.2. The number of benzene rings is 1. The number of rotatable bonds is 3. The van der Waals surface area contributed by atoms with Crippen molar-refractivity contribution in [3.8, 4) is 0 Å². The van der Waals surface area contributed by atoms with Gasteiger partial charge in [0, 0.05) is 35.1 Å². The van der Waals surface area contributed by atoms with Gasteiger partial charge in [0.05, 0.1) is 5.56 Å². The quantitative estimate of drug-likeness (QED) is 0.902. The Hall–Kier alpha value is -1.49. The van der Waals surface area contributed by atoms with Crippen molar-refractivity contribution in [3.63, 3.8) is 0 Å². The molecule has 1 heterocycles. The summed E-state index contributed by atoms with van der Waals surface area (Å²) in [7, 11) is 0. The molecule has 1 unspecified atom stereocenters. The second kappa shape index (κ2) is 5.13. The molecule has 2 nitrogen and oxygen atoms in total. The Bertz CT molecular complexity index is 609. The largest absolute Gasteiger partial charge is 0.416 e. The molecule has 0 amide bonds. The molecule has 0 aliphatic rings. The van der Waals surface area contributed by atoms with Gasteiger partial charge in [-0.3, -0.25) is 0 Å². The van der Waals surface area contributed by atoms with Crippen LogP contribution in [-0.4, -0.2) is 10.6 Å². The summed E-state index contributed by atoms with van der Waals surface area (Å²) in [5.41, 5.74) is 7.01. The molecule has 0 bridgehead atoms. The predicted octanol–water partition coefficient (Wildman–Crippen LogP) is 4.13. The number of aromatic nitrogens is 1. The first-order valence-corrected chi connectivity index (χ1v) is 6.66. The van der Waals surface area contributed by atoms with Crippen molar-refractivity contribution < 1.29 is 13.2 Å². The summed E-state index contributed by atoms with van der Waals surface area (Å²) in [5, 5.41) is 0.615. The lowest BCUT2D eigenvalue weighted by atomic mass is 10.1. The topological polar surface area (TPSA) is 30.9 Å². The molecule has 1 aromatic heterocycles. The van der Waals surface area contributed by atoms with E-state index in [-0.39, 0.29) is 12.1 Å². The third kappa shape index (κ3) is 2.82. The number of nitrogens with two attached hydrogens (primary N) is 1. The van der Waals surface area contributed by atoms with E-state index < -0.39 is 11.7 Å². The lowest BCUT2D eigenvalue weighted by molar-refractivity contribution is -0.137. The third-order valence-electron chi connectivity index (χ3n) is 3.29. The van der Waals surface area contributed by atoms with Gasteiger partial charge in [-0.1, -0.05) is 0 Å². The van der Waals surface area contributed by atoms with E-state index in [2.05, 4.69) is 4.57 Å². The molecule has 0 aliphatic carbocycles. The minimum Gasteiger partial charge on any atom is -0.342 e. The minimum absolute atomic E-state index is 0.0288. The van der Waals surface area contributed by atoms with E-state index in [1.807, 2.05) is 26.8 Å². The SMILES string of the molecule is CC(N)Cc1cc2cc(C(F)(F)F)ccc2n1C(C)C. The van der Waals surface area contributed by atoms with Gasteiger partial charge < -0.3 is 10.3 Å². The molecular weight excluding hydrogens is 265 g/mol. The molecule has 1 aromatic carbocycles. The van der Waals surface area contributed by atoms with Crippen molar-refractivity contribution in [2.45, 2.75) is 45.5 Å². The zero-order valence-corrected chi connectivity index (χ0v) is 11.8. The Labute approximate surface area is 116 Å². The molecule has 1 atom stereocenters. The molecular formula is C15H19F3N2. The van der Waals surface area contributed by atoms with Crippen molar-refractivity contribution in [1.29, 1.82) is 0 Å². The van der Waals surface area contributed by atoms with Crippen LogP contribution >= 0.6 is 0 Å². The highest BCUT2D eigenvalue weighted by Crippen LogP contribution is 2.33. The van der Waals surface area contributed by atoms with Crippen LogP contribution in [0.5, 0.6) is 0 Å². The fourth-order valence-electron chi connectivity index (χ4n) is 2.57. The van der Waals surface area contributed by atoms with E-state index in [9.17, 15) is 13.2 Å². The second-order valence-corrected chi connectivity index (χ2v) is 5.55. The summed E-state index contributed by atoms with van der Waals surface area (Å²) in [5.74, 6) is 0. The van der Waals surface area contributed by atoms with Gasteiger partial charge in [0.25, 0.3) is 0 Å². The van der Waals surface area contributed by atoms with Gasteiger partial charge >= 0.3 is 6.18 Å². The fraction of sp³-hybridized carbons (Fsp3) is 0.467. The number of hydrogen-bond acceptors (Lipinski definition) is 1. The first kappa shape index (κ1) is 14.9. The molecule has 0 aliphatic heterocycles. The zero-order chi connectivity index (χ0) is 15.1. The third-order valence-corrected chi connectivity index (χ3v) is 3.29. The highest BCUT2D eigenvalue weighted by atomic mass is 19.4. The lowest BCUT2D eigenvalue weighted by Crippen LogP contribution is -2.20. The van der Waals surface area contributed by atoms with Crippen LogP contribution in [-0.2, 0) is 12.6 Å². The maximum absolute atomic E-state index is 12.8. The molecule has 0 saturated heterocycles. The summed E-state index contributed by atoms with van der Waals surface area (Å²) in [6, 6.07) is 5.85. The molecule has 0 saturated carbocycles. The van der Waals surface area contributed by atoms with Crippen LogP contribution in [0.4, 0.5) is 13.2 Å². The Balaban J connectivity index is 2.61. The molecule has 20 heavy (non-hydrogen) atoms. The maximum Gasteiger partial charge on any atom is 0.416 e. The molecule has 0 fully saturated rings. The number of alkyl halides is 3. The maximum atomic E-state index is 12.8. The number of halogens is 3. The Morgan fingerprint density at radius 1 is 1.15 bits per heavy atom. The summed E-state index contributed by atoms with van der Waals surface area (Å²) < 4.78 is 40.3. The van der Waals surface area contributed by atoms with Gasteiger partial charge in [-0.05, 0) is 45.0 Å². The van der Waals surface area contributed by atoms with Crippen LogP contribution in [0, 0.1) is 0 Å². The van der Waals surface area contributed by atoms with Gasteiger partial charge in [0.15, 0.2) is 0 Å². The molecule has 5 heteroatoms. The number of hydrogen-bond donors (Lipinski definition) is 1. The molecule has 2 N–H and O–H groups in total. The van der Waals surface area contributed by atoms with E-state index >= 15 is 0 Å². The van der Waals surface area contributed by atoms with Crippen molar-refractivity contribution >= 4 is 10.9 Å². The van der Waals surface area contributed by atoms with E-state index in [4.69, 9.17) is 5.73 Å². The number of nitrogens with zero attached hydrogens (tertiary/aromatic N) is 1. The molecule has 0 radical (unpaired) electrons. The van der Waals surface area contributed by atoms with Crippen molar-refractivity contribution in [2.24, 2.45) is 5.73 Å². The van der Waals surface area contributed by atoms with E-state index in [1.165, 1.54) is 6.07 Å².